The summed E-state index contributed by atoms with van der Waals surface area (Å²) in [5.41, 5.74) is -1.80. The molecule has 0 aromatic carbocycles. The van der Waals surface area contributed by atoms with Crippen LogP contribution in [0, 0.1) is 0 Å². The number of cyclic esters (lactones) is 1. The monoisotopic (exact) mass is 446 g/mol. The van der Waals surface area contributed by atoms with E-state index in [2.05, 4.69) is 6.92 Å². The van der Waals surface area contributed by atoms with E-state index >= 15 is 0 Å². The summed E-state index contributed by atoms with van der Waals surface area (Å²) in [4.78, 5) is 12.0. The van der Waals surface area contributed by atoms with Crippen molar-refractivity contribution in [3.05, 3.63) is 11.5 Å². The Kier molecular flexibility index (Phi) is 12.4. The van der Waals surface area contributed by atoms with Crippen LogP contribution in [0.4, 0.5) is 0 Å². The molecule has 8 nitrogen and oxygen atoms in total. The Hall–Kier alpha value is -1.35. The Morgan fingerprint density at radius 1 is 0.968 bits per heavy atom. The average Bonchev–Trinajstić information content (AvgIpc) is 2.98. The van der Waals surface area contributed by atoms with E-state index in [1.54, 1.807) is 0 Å². The van der Waals surface area contributed by atoms with Crippen molar-refractivity contribution >= 4 is 5.97 Å². The predicted octanol–water partition coefficient (Wildman–Crippen LogP) is 3.21. The maximum atomic E-state index is 12.0. The van der Waals surface area contributed by atoms with Crippen molar-refractivity contribution in [3.8, 4) is 0 Å². The molecule has 0 spiro atoms. The molecule has 0 amide bonds. The van der Waals surface area contributed by atoms with Crippen molar-refractivity contribution in [2.75, 3.05) is 13.2 Å². The summed E-state index contributed by atoms with van der Waals surface area (Å²) >= 11 is 0. The highest BCUT2D eigenvalue weighted by Crippen LogP contribution is 2.41. The summed E-state index contributed by atoms with van der Waals surface area (Å²) in [5.74, 6) is -4.52. The molecule has 1 aliphatic heterocycles. The van der Waals surface area contributed by atoms with E-state index in [1.807, 2.05) is 0 Å². The molecule has 0 fully saturated rings. The summed E-state index contributed by atoms with van der Waals surface area (Å²) in [6.07, 6.45) is 12.2. The van der Waals surface area contributed by atoms with Gasteiger partial charge in [0.15, 0.2) is 5.76 Å². The number of hydrogen-bond acceptors (Lipinski definition) is 8. The number of aliphatic hydroxyl groups excluding tert-OH is 4. The molecule has 31 heavy (non-hydrogen) atoms. The zero-order chi connectivity index (χ0) is 23.3. The lowest BCUT2D eigenvalue weighted by Gasteiger charge is -2.36. The summed E-state index contributed by atoms with van der Waals surface area (Å²) in [7, 11) is 0. The van der Waals surface area contributed by atoms with Crippen LogP contribution in [-0.2, 0) is 14.3 Å². The maximum Gasteiger partial charge on any atom is 0.378 e. The zero-order valence-corrected chi connectivity index (χ0v) is 19.1. The molecule has 1 heterocycles. The number of aliphatic hydroxyl groups is 5. The molecule has 5 N–H and O–H groups in total. The SMILES string of the molecule is CCCCCCCCCCCCCC[C@]1([C@@H](O)CO)OC(=O)C(O)=C1OC(C)(O)CO. The molecule has 182 valence electrons. The number of hydrogen-bond donors (Lipinski definition) is 5. The third-order valence-corrected chi connectivity index (χ3v) is 5.80. The van der Waals surface area contributed by atoms with E-state index in [0.29, 0.717) is 6.42 Å². The predicted molar refractivity (Wildman–Crippen MR) is 116 cm³/mol. The zero-order valence-electron chi connectivity index (χ0n) is 19.1. The summed E-state index contributed by atoms with van der Waals surface area (Å²) in [6, 6.07) is 0. The lowest BCUT2D eigenvalue weighted by molar-refractivity contribution is -0.216. The van der Waals surface area contributed by atoms with Gasteiger partial charge in [-0.2, -0.15) is 0 Å². The number of rotatable bonds is 18. The number of ether oxygens (including phenoxy) is 2. The molecule has 0 aromatic rings. The van der Waals surface area contributed by atoms with Crippen LogP contribution in [0.5, 0.6) is 0 Å². The molecular formula is C23H42O8. The lowest BCUT2D eigenvalue weighted by atomic mass is 9.88. The highest BCUT2D eigenvalue weighted by atomic mass is 16.7. The molecular weight excluding hydrogens is 404 g/mol. The standard InChI is InChI=1S/C23H42O8/c1-3-4-5-6-7-8-9-10-11-12-13-14-15-23(18(26)16-24)20(19(27)21(28)31-23)30-22(2,29)17-25/h18,24-27,29H,3-17H2,1-2H3/t18-,22?,23+/m0/s1. The third kappa shape index (κ3) is 8.60. The van der Waals surface area contributed by atoms with Crippen LogP contribution in [0.1, 0.15) is 97.3 Å². The molecule has 8 heteroatoms. The maximum absolute atomic E-state index is 12.0. The molecule has 0 bridgehead atoms. The van der Waals surface area contributed by atoms with E-state index in [0.717, 1.165) is 26.2 Å². The fourth-order valence-corrected chi connectivity index (χ4v) is 3.87. The van der Waals surface area contributed by atoms with Crippen molar-refractivity contribution < 1.29 is 39.8 Å². The van der Waals surface area contributed by atoms with Gasteiger partial charge in [-0.25, -0.2) is 4.79 Å². The fraction of sp³-hybridized carbons (Fsp3) is 0.870. The van der Waals surface area contributed by atoms with Gasteiger partial charge in [-0.1, -0.05) is 77.6 Å². The fourth-order valence-electron chi connectivity index (χ4n) is 3.87. The molecule has 0 aromatic heterocycles. The highest BCUT2D eigenvalue weighted by Gasteiger charge is 2.56. The van der Waals surface area contributed by atoms with Crippen molar-refractivity contribution in [2.45, 2.75) is 115 Å². The number of carbonyl (C=O) groups excluding carboxylic acids is 1. The van der Waals surface area contributed by atoms with Crippen LogP contribution in [0.15, 0.2) is 11.5 Å². The van der Waals surface area contributed by atoms with E-state index in [4.69, 9.17) is 9.47 Å². The van der Waals surface area contributed by atoms with Gasteiger partial charge in [0.25, 0.3) is 0 Å². The Balaban J connectivity index is 2.50. The molecule has 3 atom stereocenters. The van der Waals surface area contributed by atoms with Gasteiger partial charge in [0.2, 0.25) is 17.1 Å². The smallest absolute Gasteiger partial charge is 0.378 e. The third-order valence-electron chi connectivity index (χ3n) is 5.80. The van der Waals surface area contributed by atoms with Crippen LogP contribution in [-0.4, -0.2) is 62.2 Å². The van der Waals surface area contributed by atoms with Crippen molar-refractivity contribution in [1.29, 1.82) is 0 Å². The number of carbonyl (C=O) groups is 1. The summed E-state index contributed by atoms with van der Waals surface area (Å²) < 4.78 is 10.5. The van der Waals surface area contributed by atoms with E-state index in [-0.39, 0.29) is 6.42 Å². The Morgan fingerprint density at radius 3 is 1.90 bits per heavy atom. The van der Waals surface area contributed by atoms with Gasteiger partial charge in [0.1, 0.15) is 12.7 Å². The second kappa shape index (κ2) is 13.9. The molecule has 1 aliphatic rings. The Labute approximate surface area is 185 Å². The van der Waals surface area contributed by atoms with Crippen molar-refractivity contribution in [2.24, 2.45) is 0 Å². The van der Waals surface area contributed by atoms with Gasteiger partial charge in [0, 0.05) is 6.92 Å². The Morgan fingerprint density at radius 2 is 1.45 bits per heavy atom. The van der Waals surface area contributed by atoms with Crippen LogP contribution in [0.3, 0.4) is 0 Å². The van der Waals surface area contributed by atoms with E-state index in [1.165, 1.54) is 51.4 Å². The van der Waals surface area contributed by atoms with Gasteiger partial charge in [-0.15, -0.1) is 0 Å². The number of esters is 1. The second-order valence-corrected chi connectivity index (χ2v) is 8.73. The Bertz CT molecular complexity index is 560. The molecule has 0 saturated heterocycles. The van der Waals surface area contributed by atoms with Crippen molar-refractivity contribution in [3.63, 3.8) is 0 Å². The topological polar surface area (TPSA) is 137 Å². The molecule has 1 unspecified atom stereocenters. The van der Waals surface area contributed by atoms with Gasteiger partial charge in [-0.05, 0) is 12.8 Å². The first-order valence-electron chi connectivity index (χ1n) is 11.7. The first-order chi connectivity index (χ1) is 14.7. The minimum Gasteiger partial charge on any atom is -0.499 e. The highest BCUT2D eigenvalue weighted by molar-refractivity contribution is 5.90. The molecule has 1 rings (SSSR count). The van der Waals surface area contributed by atoms with E-state index in [9.17, 15) is 30.3 Å². The lowest BCUT2D eigenvalue weighted by Crippen LogP contribution is -2.49. The minimum atomic E-state index is -2.09. The van der Waals surface area contributed by atoms with E-state index < -0.39 is 48.2 Å². The number of unbranched alkanes of at least 4 members (excludes halogenated alkanes) is 11. The largest absolute Gasteiger partial charge is 0.499 e. The molecule has 0 aliphatic carbocycles. The normalized spacial score (nSPS) is 21.8. The van der Waals surface area contributed by atoms with Crippen LogP contribution in [0.25, 0.3) is 0 Å². The quantitative estimate of drug-likeness (QED) is 0.123. The average molecular weight is 447 g/mol. The summed E-state index contributed by atoms with van der Waals surface area (Å²) in [5, 5.41) is 49.2. The van der Waals surface area contributed by atoms with Crippen LogP contribution >= 0.6 is 0 Å². The van der Waals surface area contributed by atoms with Gasteiger partial charge in [-0.3, -0.25) is 0 Å². The van der Waals surface area contributed by atoms with Gasteiger partial charge >= 0.3 is 5.97 Å². The van der Waals surface area contributed by atoms with Gasteiger partial charge in [0.05, 0.1) is 6.61 Å². The minimum absolute atomic E-state index is 0.110. The first-order valence-corrected chi connectivity index (χ1v) is 11.7. The first kappa shape index (κ1) is 27.7. The van der Waals surface area contributed by atoms with Crippen LogP contribution < -0.4 is 0 Å². The molecule has 0 saturated carbocycles. The van der Waals surface area contributed by atoms with Crippen LogP contribution in [0.2, 0.25) is 0 Å². The van der Waals surface area contributed by atoms with Crippen molar-refractivity contribution in [1.82, 2.24) is 0 Å². The van der Waals surface area contributed by atoms with Gasteiger partial charge < -0.3 is 35.0 Å². The molecule has 0 radical (unpaired) electrons. The second-order valence-electron chi connectivity index (χ2n) is 8.73. The summed E-state index contributed by atoms with van der Waals surface area (Å²) in [6.45, 7) is 1.83.